The van der Waals surface area contributed by atoms with E-state index in [1.165, 1.54) is 0 Å². The van der Waals surface area contributed by atoms with Crippen LogP contribution >= 0.6 is 0 Å². The van der Waals surface area contributed by atoms with Crippen molar-refractivity contribution in [1.82, 2.24) is 20.3 Å². The largest absolute Gasteiger partial charge is 0.353 e. The Kier molecular flexibility index (Phi) is 5.10. The summed E-state index contributed by atoms with van der Waals surface area (Å²) in [5.74, 6) is -0.272. The predicted molar refractivity (Wildman–Crippen MR) is 86.4 cm³/mol. The molecule has 0 aliphatic heterocycles. The highest BCUT2D eigenvalue weighted by Crippen LogP contribution is 2.03. The molecule has 0 radical (unpaired) electrons. The van der Waals surface area contributed by atoms with Gasteiger partial charge in [-0.15, -0.1) is 0 Å². The van der Waals surface area contributed by atoms with Crippen molar-refractivity contribution in [3.63, 3.8) is 0 Å². The average Bonchev–Trinajstić information content (AvgIpc) is 2.42. The van der Waals surface area contributed by atoms with Crippen LogP contribution in [0.15, 0.2) is 27.8 Å². The fourth-order valence-electron chi connectivity index (χ4n) is 2.40. The van der Waals surface area contributed by atoms with E-state index in [2.05, 4.69) is 20.3 Å². The van der Waals surface area contributed by atoms with Crippen LogP contribution in [0.1, 0.15) is 29.6 Å². The summed E-state index contributed by atoms with van der Waals surface area (Å²) in [6.45, 7) is 5.39. The smallest absolute Gasteiger partial charge is 0.325 e. The first kappa shape index (κ1) is 16.7. The highest BCUT2D eigenvalue weighted by molar-refractivity contribution is 5.78. The Morgan fingerprint density at radius 3 is 2.65 bits per heavy atom. The fraction of sp³-hybridized carbons (Fsp3) is 0.375. The Morgan fingerprint density at radius 1 is 1.26 bits per heavy atom. The zero-order valence-electron chi connectivity index (χ0n) is 13.4. The maximum atomic E-state index is 12.1. The van der Waals surface area contributed by atoms with Gasteiger partial charge in [-0.05, 0) is 32.9 Å². The highest BCUT2D eigenvalue weighted by Gasteiger charge is 2.14. The Balaban J connectivity index is 2.00. The Labute approximate surface area is 133 Å². The first-order chi connectivity index (χ1) is 10.8. The van der Waals surface area contributed by atoms with Crippen LogP contribution in [0.25, 0.3) is 0 Å². The molecule has 122 valence electrons. The van der Waals surface area contributed by atoms with Gasteiger partial charge in [0.25, 0.3) is 5.56 Å². The lowest BCUT2D eigenvalue weighted by atomic mass is 10.1. The molecule has 1 atom stereocenters. The zero-order chi connectivity index (χ0) is 17.0. The summed E-state index contributed by atoms with van der Waals surface area (Å²) in [4.78, 5) is 44.0. The summed E-state index contributed by atoms with van der Waals surface area (Å²) >= 11 is 0. The lowest BCUT2D eigenvalue weighted by Crippen LogP contribution is -2.37. The van der Waals surface area contributed by atoms with E-state index >= 15 is 0 Å². The number of aryl methyl sites for hydroxylation is 2. The molecule has 2 aromatic rings. The second kappa shape index (κ2) is 7.04. The van der Waals surface area contributed by atoms with Gasteiger partial charge in [0.05, 0.1) is 6.42 Å². The molecule has 1 unspecified atom stereocenters. The third-order valence-electron chi connectivity index (χ3n) is 3.46. The molecular weight excluding hydrogens is 296 g/mol. The van der Waals surface area contributed by atoms with Crippen molar-refractivity contribution in [3.8, 4) is 0 Å². The maximum absolute atomic E-state index is 12.1. The molecule has 0 aliphatic rings. The molecule has 2 rings (SSSR count). The van der Waals surface area contributed by atoms with E-state index in [-0.39, 0.29) is 23.9 Å². The molecule has 0 saturated carbocycles. The van der Waals surface area contributed by atoms with Gasteiger partial charge in [-0.2, -0.15) is 0 Å². The van der Waals surface area contributed by atoms with Crippen LogP contribution in [0, 0.1) is 13.8 Å². The van der Waals surface area contributed by atoms with E-state index in [0.29, 0.717) is 12.1 Å². The second-order valence-corrected chi connectivity index (χ2v) is 5.63. The van der Waals surface area contributed by atoms with Crippen molar-refractivity contribution in [2.75, 3.05) is 0 Å². The van der Waals surface area contributed by atoms with Gasteiger partial charge in [0, 0.05) is 35.1 Å². The number of pyridine rings is 1. The third-order valence-corrected chi connectivity index (χ3v) is 3.46. The number of H-pyrrole nitrogens is 2. The van der Waals surface area contributed by atoms with Gasteiger partial charge in [-0.3, -0.25) is 19.6 Å². The molecule has 2 heterocycles. The maximum Gasteiger partial charge on any atom is 0.325 e. The summed E-state index contributed by atoms with van der Waals surface area (Å²) in [5, 5.41) is 2.84. The molecule has 7 nitrogen and oxygen atoms in total. The summed E-state index contributed by atoms with van der Waals surface area (Å²) in [6, 6.07) is 5.64. The van der Waals surface area contributed by atoms with Crippen LogP contribution < -0.4 is 16.6 Å². The number of aromatic nitrogens is 3. The molecule has 7 heteroatoms. The Hall–Kier alpha value is -2.70. The minimum absolute atomic E-state index is 0.0798. The van der Waals surface area contributed by atoms with Gasteiger partial charge in [-0.25, -0.2) is 4.79 Å². The van der Waals surface area contributed by atoms with Crippen LogP contribution in [-0.2, 0) is 17.6 Å². The zero-order valence-corrected chi connectivity index (χ0v) is 13.4. The second-order valence-electron chi connectivity index (χ2n) is 5.63. The molecule has 0 bridgehead atoms. The molecule has 0 aromatic carbocycles. The quantitative estimate of drug-likeness (QED) is 0.740. The minimum atomic E-state index is -0.574. The van der Waals surface area contributed by atoms with Gasteiger partial charge < -0.3 is 10.3 Å². The lowest BCUT2D eigenvalue weighted by molar-refractivity contribution is -0.121. The van der Waals surface area contributed by atoms with Crippen LogP contribution in [0.5, 0.6) is 0 Å². The SMILES string of the molecule is Cc1cccc(CC(C)NC(=O)Cc2c(C)[nH]c(=O)[nH]c2=O)n1. The van der Waals surface area contributed by atoms with Crippen molar-refractivity contribution in [3.05, 3.63) is 61.7 Å². The van der Waals surface area contributed by atoms with Gasteiger partial charge in [0.1, 0.15) is 0 Å². The monoisotopic (exact) mass is 316 g/mol. The van der Waals surface area contributed by atoms with Crippen molar-refractivity contribution in [2.24, 2.45) is 0 Å². The van der Waals surface area contributed by atoms with Crippen molar-refractivity contribution >= 4 is 5.91 Å². The van der Waals surface area contributed by atoms with E-state index in [1.807, 2.05) is 32.0 Å². The average molecular weight is 316 g/mol. The molecule has 0 aliphatic carbocycles. The van der Waals surface area contributed by atoms with Crippen molar-refractivity contribution in [2.45, 2.75) is 39.7 Å². The van der Waals surface area contributed by atoms with E-state index in [0.717, 1.165) is 11.4 Å². The van der Waals surface area contributed by atoms with Crippen LogP contribution in [0.3, 0.4) is 0 Å². The number of aromatic amines is 2. The summed E-state index contributed by atoms with van der Waals surface area (Å²) in [5.41, 5.74) is 1.39. The Bertz CT molecular complexity index is 823. The molecule has 2 aromatic heterocycles. The number of nitrogens with zero attached hydrogens (tertiary/aromatic N) is 1. The summed E-state index contributed by atoms with van der Waals surface area (Å²) in [7, 11) is 0. The number of nitrogens with one attached hydrogen (secondary N) is 3. The lowest BCUT2D eigenvalue weighted by Gasteiger charge is -2.14. The normalized spacial score (nSPS) is 12.0. The molecule has 23 heavy (non-hydrogen) atoms. The van der Waals surface area contributed by atoms with Gasteiger partial charge in [-0.1, -0.05) is 6.07 Å². The number of carbonyl (C=O) groups excluding carboxylic acids is 1. The molecule has 3 N–H and O–H groups in total. The van der Waals surface area contributed by atoms with E-state index in [9.17, 15) is 14.4 Å². The van der Waals surface area contributed by atoms with E-state index in [1.54, 1.807) is 6.92 Å². The van der Waals surface area contributed by atoms with Crippen LogP contribution in [-0.4, -0.2) is 26.9 Å². The van der Waals surface area contributed by atoms with E-state index < -0.39 is 11.2 Å². The first-order valence-electron chi connectivity index (χ1n) is 7.39. The minimum Gasteiger partial charge on any atom is -0.353 e. The van der Waals surface area contributed by atoms with Crippen LogP contribution in [0.4, 0.5) is 0 Å². The number of rotatable bonds is 5. The fourth-order valence-corrected chi connectivity index (χ4v) is 2.40. The predicted octanol–water partition coefficient (Wildman–Crippen LogP) is 0.365. The molecule has 0 fully saturated rings. The van der Waals surface area contributed by atoms with Gasteiger partial charge in [0.2, 0.25) is 5.91 Å². The summed E-state index contributed by atoms with van der Waals surface area (Å²) < 4.78 is 0. The topological polar surface area (TPSA) is 108 Å². The van der Waals surface area contributed by atoms with E-state index in [4.69, 9.17) is 0 Å². The standard InChI is InChI=1S/C16H20N4O3/c1-9-5-4-6-12(17-9)7-10(2)18-14(21)8-13-11(3)19-16(23)20-15(13)22/h4-6,10H,7-8H2,1-3H3,(H,18,21)(H2,19,20,22,23). The number of carbonyl (C=O) groups is 1. The molecular formula is C16H20N4O3. The van der Waals surface area contributed by atoms with Gasteiger partial charge in [0.15, 0.2) is 0 Å². The van der Waals surface area contributed by atoms with Crippen LogP contribution in [0.2, 0.25) is 0 Å². The molecule has 1 amide bonds. The van der Waals surface area contributed by atoms with Gasteiger partial charge >= 0.3 is 5.69 Å². The summed E-state index contributed by atoms with van der Waals surface area (Å²) in [6.07, 6.45) is 0.526. The highest BCUT2D eigenvalue weighted by atomic mass is 16.2. The first-order valence-corrected chi connectivity index (χ1v) is 7.39. The molecule has 0 saturated heterocycles. The number of hydrogen-bond acceptors (Lipinski definition) is 4. The third kappa shape index (κ3) is 4.64. The van der Waals surface area contributed by atoms with Crippen molar-refractivity contribution in [1.29, 1.82) is 0 Å². The Morgan fingerprint density at radius 2 is 2.00 bits per heavy atom. The van der Waals surface area contributed by atoms with Crippen molar-refractivity contribution < 1.29 is 4.79 Å². The number of hydrogen-bond donors (Lipinski definition) is 3. The molecule has 0 spiro atoms. The number of amides is 1.